The van der Waals surface area contributed by atoms with E-state index in [9.17, 15) is 0 Å². The van der Waals surface area contributed by atoms with Gasteiger partial charge in [0.2, 0.25) is 0 Å². The Morgan fingerprint density at radius 1 is 1.43 bits per heavy atom. The van der Waals surface area contributed by atoms with Crippen LogP contribution in [0.5, 0.6) is 0 Å². The monoisotopic (exact) mass is 215 g/mol. The van der Waals surface area contributed by atoms with E-state index in [1.165, 1.54) is 32.2 Å². The van der Waals surface area contributed by atoms with Crippen LogP contribution in [0, 0.1) is 11.8 Å². The van der Waals surface area contributed by atoms with Crippen molar-refractivity contribution in [3.63, 3.8) is 0 Å². The van der Waals surface area contributed by atoms with Gasteiger partial charge in [0.1, 0.15) is 0 Å². The maximum Gasteiger partial charge on any atom is 0.0478 e. The Bertz CT molecular complexity index is 191. The quantitative estimate of drug-likeness (QED) is 0.654. The van der Waals surface area contributed by atoms with E-state index in [4.69, 9.17) is 11.6 Å². The summed E-state index contributed by atoms with van der Waals surface area (Å²) in [6.45, 7) is 7.11. The summed E-state index contributed by atoms with van der Waals surface area (Å²) in [5, 5.41) is 0.401. The van der Waals surface area contributed by atoms with Crippen molar-refractivity contribution >= 4 is 11.6 Å². The fraction of sp³-hybridized carbons (Fsp3) is 1.00. The number of rotatable bonds is 3. The standard InChI is InChI=1S/C12H22ClN/c1-9(11-4-3-5-11)7-14-8-12(13)6-10(14)2/h9-12H,3-8H2,1-2H3. The molecule has 0 spiro atoms. The molecule has 1 nitrogen and oxygen atoms in total. The molecule has 14 heavy (non-hydrogen) atoms. The van der Waals surface area contributed by atoms with Crippen molar-refractivity contribution in [1.82, 2.24) is 4.90 Å². The molecule has 0 bridgehead atoms. The van der Waals surface area contributed by atoms with Gasteiger partial charge in [0.05, 0.1) is 0 Å². The smallest absolute Gasteiger partial charge is 0.0478 e. The zero-order chi connectivity index (χ0) is 10.1. The maximum atomic E-state index is 6.17. The fourth-order valence-corrected chi connectivity index (χ4v) is 3.25. The molecule has 1 saturated carbocycles. The van der Waals surface area contributed by atoms with Gasteiger partial charge in [0.25, 0.3) is 0 Å². The summed E-state index contributed by atoms with van der Waals surface area (Å²) in [7, 11) is 0. The SMILES string of the molecule is CC(CN1CC(Cl)CC1C)C1CCC1. The molecule has 2 rings (SSSR count). The molecule has 0 N–H and O–H groups in total. The van der Waals surface area contributed by atoms with Crippen LogP contribution < -0.4 is 0 Å². The highest BCUT2D eigenvalue weighted by molar-refractivity contribution is 6.21. The Hall–Kier alpha value is 0.250. The van der Waals surface area contributed by atoms with Gasteiger partial charge in [-0.05, 0) is 25.2 Å². The number of hydrogen-bond donors (Lipinski definition) is 0. The lowest BCUT2D eigenvalue weighted by atomic mass is 9.76. The molecule has 1 heterocycles. The summed E-state index contributed by atoms with van der Waals surface area (Å²) < 4.78 is 0. The molecule has 0 amide bonds. The molecule has 1 saturated heterocycles. The molecule has 82 valence electrons. The molecular formula is C12H22ClN. The van der Waals surface area contributed by atoms with Gasteiger partial charge >= 0.3 is 0 Å². The van der Waals surface area contributed by atoms with Crippen molar-refractivity contribution in [2.75, 3.05) is 13.1 Å². The van der Waals surface area contributed by atoms with Crippen LogP contribution in [0.25, 0.3) is 0 Å². The van der Waals surface area contributed by atoms with E-state index >= 15 is 0 Å². The highest BCUT2D eigenvalue weighted by Crippen LogP contribution is 2.34. The predicted octanol–water partition coefficient (Wildman–Crippen LogP) is 3.12. The van der Waals surface area contributed by atoms with Crippen LogP contribution in [-0.4, -0.2) is 29.4 Å². The van der Waals surface area contributed by atoms with E-state index in [0.29, 0.717) is 11.4 Å². The Labute approximate surface area is 92.8 Å². The Morgan fingerprint density at radius 3 is 2.57 bits per heavy atom. The van der Waals surface area contributed by atoms with E-state index in [-0.39, 0.29) is 0 Å². The number of alkyl halides is 1. The highest BCUT2D eigenvalue weighted by atomic mass is 35.5. The van der Waals surface area contributed by atoms with Gasteiger partial charge in [-0.15, -0.1) is 11.6 Å². The summed E-state index contributed by atoms with van der Waals surface area (Å²) in [6.07, 6.45) is 5.57. The van der Waals surface area contributed by atoms with Crippen molar-refractivity contribution in [1.29, 1.82) is 0 Å². The second-order valence-corrected chi connectivity index (χ2v) is 5.92. The van der Waals surface area contributed by atoms with Gasteiger partial charge in [0.15, 0.2) is 0 Å². The van der Waals surface area contributed by atoms with Gasteiger partial charge < -0.3 is 0 Å². The van der Waals surface area contributed by atoms with Crippen LogP contribution in [0.3, 0.4) is 0 Å². The number of hydrogen-bond acceptors (Lipinski definition) is 1. The van der Waals surface area contributed by atoms with Gasteiger partial charge in [-0.3, -0.25) is 4.90 Å². The minimum absolute atomic E-state index is 0.401. The number of nitrogens with zero attached hydrogens (tertiary/aromatic N) is 1. The van der Waals surface area contributed by atoms with Crippen LogP contribution in [0.4, 0.5) is 0 Å². The first-order valence-electron chi connectivity index (χ1n) is 6.05. The van der Waals surface area contributed by atoms with Crippen LogP contribution in [-0.2, 0) is 0 Å². The van der Waals surface area contributed by atoms with Gasteiger partial charge in [-0.2, -0.15) is 0 Å². The zero-order valence-corrected chi connectivity index (χ0v) is 10.1. The Kier molecular flexibility index (Phi) is 3.38. The fourth-order valence-electron chi connectivity index (χ4n) is 2.81. The van der Waals surface area contributed by atoms with E-state index < -0.39 is 0 Å². The normalized spacial score (nSPS) is 37.1. The van der Waals surface area contributed by atoms with Gasteiger partial charge in [0, 0.05) is 24.5 Å². The second kappa shape index (κ2) is 4.40. The maximum absolute atomic E-state index is 6.17. The molecule has 0 aromatic carbocycles. The Balaban J connectivity index is 1.78. The van der Waals surface area contributed by atoms with Crippen LogP contribution in [0.15, 0.2) is 0 Å². The average molecular weight is 216 g/mol. The summed E-state index contributed by atoms with van der Waals surface area (Å²) in [5.41, 5.74) is 0. The van der Waals surface area contributed by atoms with Gasteiger partial charge in [-0.1, -0.05) is 26.2 Å². The largest absolute Gasteiger partial charge is 0.299 e. The van der Waals surface area contributed by atoms with Crippen molar-refractivity contribution < 1.29 is 0 Å². The third kappa shape index (κ3) is 2.25. The predicted molar refractivity (Wildman–Crippen MR) is 61.8 cm³/mol. The van der Waals surface area contributed by atoms with Crippen molar-refractivity contribution in [2.24, 2.45) is 11.8 Å². The minimum Gasteiger partial charge on any atom is -0.299 e. The average Bonchev–Trinajstić information content (AvgIpc) is 2.26. The van der Waals surface area contributed by atoms with Gasteiger partial charge in [-0.25, -0.2) is 0 Å². The summed E-state index contributed by atoms with van der Waals surface area (Å²) in [4.78, 5) is 2.58. The third-order valence-electron chi connectivity index (χ3n) is 4.13. The zero-order valence-electron chi connectivity index (χ0n) is 9.38. The molecule has 2 heteroatoms. The Morgan fingerprint density at radius 2 is 2.14 bits per heavy atom. The molecule has 3 atom stereocenters. The van der Waals surface area contributed by atoms with E-state index in [0.717, 1.165) is 18.4 Å². The molecule has 0 aromatic heterocycles. The van der Waals surface area contributed by atoms with Crippen molar-refractivity contribution in [3.8, 4) is 0 Å². The lowest BCUT2D eigenvalue weighted by molar-refractivity contribution is 0.148. The molecular weight excluding hydrogens is 194 g/mol. The second-order valence-electron chi connectivity index (χ2n) is 5.30. The summed E-state index contributed by atoms with van der Waals surface area (Å²) in [5.74, 6) is 1.89. The first-order valence-corrected chi connectivity index (χ1v) is 6.48. The molecule has 1 aliphatic heterocycles. The molecule has 2 aliphatic rings. The topological polar surface area (TPSA) is 3.24 Å². The minimum atomic E-state index is 0.401. The molecule has 3 unspecified atom stereocenters. The van der Waals surface area contributed by atoms with Crippen molar-refractivity contribution in [2.45, 2.75) is 50.9 Å². The van der Waals surface area contributed by atoms with Crippen LogP contribution in [0.2, 0.25) is 0 Å². The summed E-state index contributed by atoms with van der Waals surface area (Å²) >= 11 is 6.17. The number of likely N-dealkylation sites (tertiary alicyclic amines) is 1. The van der Waals surface area contributed by atoms with Crippen molar-refractivity contribution in [3.05, 3.63) is 0 Å². The lowest BCUT2D eigenvalue weighted by Gasteiger charge is -2.35. The third-order valence-corrected chi connectivity index (χ3v) is 4.45. The lowest BCUT2D eigenvalue weighted by Crippen LogP contribution is -2.36. The molecule has 2 fully saturated rings. The first kappa shape index (κ1) is 10.8. The highest BCUT2D eigenvalue weighted by Gasteiger charge is 2.31. The molecule has 0 radical (unpaired) electrons. The van der Waals surface area contributed by atoms with E-state index in [1.807, 2.05) is 0 Å². The van der Waals surface area contributed by atoms with Crippen LogP contribution in [0.1, 0.15) is 39.5 Å². The number of halogens is 1. The van der Waals surface area contributed by atoms with Crippen LogP contribution >= 0.6 is 11.6 Å². The van der Waals surface area contributed by atoms with E-state index in [1.54, 1.807) is 0 Å². The van der Waals surface area contributed by atoms with E-state index in [2.05, 4.69) is 18.7 Å². The first-order chi connectivity index (χ1) is 6.66. The molecule has 0 aromatic rings. The summed E-state index contributed by atoms with van der Waals surface area (Å²) in [6, 6.07) is 0.708. The molecule has 1 aliphatic carbocycles.